The maximum atomic E-state index is 13.2. The average molecular weight is 447 g/mol. The lowest BCUT2D eigenvalue weighted by atomic mass is 9.96. The SMILES string of the molecule is CCOC(=O)c1c(C)[nH]c(C(=O)N2CCC[C@H](C(=O)NCCCN3CCCCC3)C2)c1C. The van der Waals surface area contributed by atoms with Gasteiger partial charge in [-0.15, -0.1) is 0 Å². The van der Waals surface area contributed by atoms with E-state index in [4.69, 9.17) is 4.74 Å². The summed E-state index contributed by atoms with van der Waals surface area (Å²) in [6.07, 6.45) is 6.42. The second-order valence-corrected chi connectivity index (χ2v) is 8.98. The number of H-pyrrole nitrogens is 1. The average Bonchev–Trinajstić information content (AvgIpc) is 3.10. The van der Waals surface area contributed by atoms with Gasteiger partial charge in [0.2, 0.25) is 5.91 Å². The molecule has 0 spiro atoms. The van der Waals surface area contributed by atoms with Crippen LogP contribution in [0.15, 0.2) is 0 Å². The van der Waals surface area contributed by atoms with Crippen LogP contribution in [-0.2, 0) is 9.53 Å². The fraction of sp³-hybridized carbons (Fsp3) is 0.708. The molecule has 2 fully saturated rings. The van der Waals surface area contributed by atoms with Crippen molar-refractivity contribution in [1.82, 2.24) is 20.1 Å². The smallest absolute Gasteiger partial charge is 0.340 e. The summed E-state index contributed by atoms with van der Waals surface area (Å²) in [5, 5.41) is 3.07. The van der Waals surface area contributed by atoms with Gasteiger partial charge in [-0.1, -0.05) is 6.42 Å². The van der Waals surface area contributed by atoms with Crippen molar-refractivity contribution in [2.45, 2.75) is 59.3 Å². The number of aromatic nitrogens is 1. The topological polar surface area (TPSA) is 94.7 Å². The lowest BCUT2D eigenvalue weighted by molar-refractivity contribution is -0.126. The van der Waals surface area contributed by atoms with Crippen LogP contribution in [0.3, 0.4) is 0 Å². The van der Waals surface area contributed by atoms with Gasteiger partial charge in [0.05, 0.1) is 18.1 Å². The van der Waals surface area contributed by atoms with Gasteiger partial charge in [0, 0.05) is 25.3 Å². The molecule has 8 heteroatoms. The Morgan fingerprint density at radius 2 is 1.84 bits per heavy atom. The summed E-state index contributed by atoms with van der Waals surface area (Å²) in [5.74, 6) is -0.738. The molecule has 0 aromatic carbocycles. The van der Waals surface area contributed by atoms with E-state index in [2.05, 4.69) is 15.2 Å². The Balaban J connectivity index is 1.52. The Morgan fingerprint density at radius 1 is 1.09 bits per heavy atom. The number of rotatable bonds is 8. The van der Waals surface area contributed by atoms with Crippen LogP contribution in [0, 0.1) is 19.8 Å². The molecule has 2 aliphatic heterocycles. The van der Waals surface area contributed by atoms with E-state index < -0.39 is 5.97 Å². The van der Waals surface area contributed by atoms with Gasteiger partial charge in [-0.3, -0.25) is 9.59 Å². The zero-order valence-electron chi connectivity index (χ0n) is 19.8. The van der Waals surface area contributed by atoms with Crippen molar-refractivity contribution in [3.05, 3.63) is 22.5 Å². The summed E-state index contributed by atoms with van der Waals surface area (Å²) in [6.45, 7) is 10.6. The monoisotopic (exact) mass is 446 g/mol. The van der Waals surface area contributed by atoms with Crippen LogP contribution < -0.4 is 5.32 Å². The van der Waals surface area contributed by atoms with Gasteiger partial charge in [-0.05, 0) is 78.1 Å². The predicted octanol–water partition coefficient (Wildman–Crippen LogP) is 2.65. The van der Waals surface area contributed by atoms with Crippen molar-refractivity contribution >= 4 is 17.8 Å². The summed E-state index contributed by atoms with van der Waals surface area (Å²) < 4.78 is 5.12. The number of hydrogen-bond donors (Lipinski definition) is 2. The van der Waals surface area contributed by atoms with E-state index in [0.29, 0.717) is 42.1 Å². The minimum atomic E-state index is -0.418. The van der Waals surface area contributed by atoms with Gasteiger partial charge in [-0.2, -0.15) is 0 Å². The summed E-state index contributed by atoms with van der Waals surface area (Å²) in [6, 6.07) is 0. The summed E-state index contributed by atoms with van der Waals surface area (Å²) >= 11 is 0. The van der Waals surface area contributed by atoms with Gasteiger partial charge in [0.1, 0.15) is 5.69 Å². The second-order valence-electron chi connectivity index (χ2n) is 8.98. The number of carbonyl (C=O) groups excluding carboxylic acids is 3. The quantitative estimate of drug-likeness (QED) is 0.473. The Bertz CT molecular complexity index is 813. The molecule has 1 aromatic heterocycles. The number of piperidine rings is 2. The van der Waals surface area contributed by atoms with Crippen molar-refractivity contribution in [2.75, 3.05) is 45.9 Å². The Hall–Kier alpha value is -2.35. The third-order valence-corrected chi connectivity index (χ3v) is 6.61. The van der Waals surface area contributed by atoms with Crippen LogP contribution in [0.5, 0.6) is 0 Å². The number of nitrogens with one attached hydrogen (secondary N) is 2. The molecule has 2 saturated heterocycles. The first-order valence-corrected chi connectivity index (χ1v) is 12.1. The molecule has 2 aliphatic rings. The number of aryl methyl sites for hydroxylation is 1. The maximum Gasteiger partial charge on any atom is 0.340 e. The molecule has 1 aromatic rings. The molecule has 0 bridgehead atoms. The summed E-state index contributed by atoms with van der Waals surface area (Å²) in [4.78, 5) is 45.4. The molecular weight excluding hydrogens is 408 g/mol. The number of aromatic amines is 1. The van der Waals surface area contributed by atoms with Crippen LogP contribution in [-0.4, -0.2) is 78.4 Å². The number of hydrogen-bond acceptors (Lipinski definition) is 5. The number of carbonyl (C=O) groups is 3. The lowest BCUT2D eigenvalue weighted by Gasteiger charge is -2.32. The third-order valence-electron chi connectivity index (χ3n) is 6.61. The van der Waals surface area contributed by atoms with Gasteiger partial charge >= 0.3 is 5.97 Å². The molecule has 0 aliphatic carbocycles. The van der Waals surface area contributed by atoms with E-state index in [1.807, 2.05) is 0 Å². The first kappa shape index (κ1) is 24.3. The van der Waals surface area contributed by atoms with Gasteiger partial charge in [-0.25, -0.2) is 4.79 Å². The Labute approximate surface area is 191 Å². The van der Waals surface area contributed by atoms with Crippen LogP contribution >= 0.6 is 0 Å². The first-order chi connectivity index (χ1) is 15.4. The van der Waals surface area contributed by atoms with Crippen LogP contribution in [0.25, 0.3) is 0 Å². The van der Waals surface area contributed by atoms with E-state index in [9.17, 15) is 14.4 Å². The normalized spacial score (nSPS) is 19.6. The van der Waals surface area contributed by atoms with Gasteiger partial charge < -0.3 is 24.8 Å². The van der Waals surface area contributed by atoms with Crippen molar-refractivity contribution in [3.63, 3.8) is 0 Å². The molecule has 1 atom stereocenters. The van der Waals surface area contributed by atoms with E-state index >= 15 is 0 Å². The molecule has 3 heterocycles. The minimum Gasteiger partial charge on any atom is -0.462 e. The molecule has 0 radical (unpaired) electrons. The van der Waals surface area contributed by atoms with Gasteiger partial charge in [0.25, 0.3) is 5.91 Å². The first-order valence-electron chi connectivity index (χ1n) is 12.1. The predicted molar refractivity (Wildman–Crippen MR) is 123 cm³/mol. The molecular formula is C24H38N4O4. The number of amides is 2. The van der Waals surface area contributed by atoms with Crippen molar-refractivity contribution in [3.8, 4) is 0 Å². The zero-order valence-corrected chi connectivity index (χ0v) is 19.8. The second kappa shape index (κ2) is 11.5. The maximum absolute atomic E-state index is 13.2. The van der Waals surface area contributed by atoms with Crippen molar-refractivity contribution in [1.29, 1.82) is 0 Å². The highest BCUT2D eigenvalue weighted by atomic mass is 16.5. The van der Waals surface area contributed by atoms with E-state index in [0.717, 1.165) is 25.8 Å². The van der Waals surface area contributed by atoms with Gasteiger partial charge in [0.15, 0.2) is 0 Å². The zero-order chi connectivity index (χ0) is 23.1. The Kier molecular flexibility index (Phi) is 8.73. The lowest BCUT2D eigenvalue weighted by Crippen LogP contribution is -2.46. The van der Waals surface area contributed by atoms with Crippen LogP contribution in [0.4, 0.5) is 0 Å². The fourth-order valence-corrected chi connectivity index (χ4v) is 4.85. The third kappa shape index (κ3) is 5.91. The van der Waals surface area contributed by atoms with Crippen LogP contribution in [0.2, 0.25) is 0 Å². The van der Waals surface area contributed by atoms with Crippen LogP contribution in [0.1, 0.15) is 77.6 Å². The highest BCUT2D eigenvalue weighted by Crippen LogP contribution is 2.24. The molecule has 0 unspecified atom stereocenters. The molecule has 2 amide bonds. The van der Waals surface area contributed by atoms with Crippen molar-refractivity contribution < 1.29 is 19.1 Å². The van der Waals surface area contributed by atoms with E-state index in [1.165, 1.54) is 32.4 Å². The Morgan fingerprint density at radius 3 is 2.56 bits per heavy atom. The fourth-order valence-electron chi connectivity index (χ4n) is 4.85. The largest absolute Gasteiger partial charge is 0.462 e. The standard InChI is InChI=1S/C24H38N4O4/c1-4-32-24(31)20-17(2)21(26-18(20)3)23(30)28-15-8-10-19(16-28)22(29)25-11-9-14-27-12-6-5-7-13-27/h19,26H,4-16H2,1-3H3,(H,25,29)/t19-/m0/s1. The highest BCUT2D eigenvalue weighted by Gasteiger charge is 2.31. The van der Waals surface area contributed by atoms with E-state index in [-0.39, 0.29) is 24.3 Å². The molecule has 0 saturated carbocycles. The molecule has 2 N–H and O–H groups in total. The number of esters is 1. The minimum absolute atomic E-state index is 0.0349. The number of likely N-dealkylation sites (tertiary alicyclic amines) is 2. The highest BCUT2D eigenvalue weighted by molar-refractivity contribution is 6.00. The van der Waals surface area contributed by atoms with E-state index in [1.54, 1.807) is 25.7 Å². The molecule has 8 nitrogen and oxygen atoms in total. The molecule has 32 heavy (non-hydrogen) atoms. The molecule has 178 valence electrons. The summed E-state index contributed by atoms with van der Waals surface area (Å²) in [5.41, 5.74) is 2.07. The van der Waals surface area contributed by atoms with Crippen molar-refractivity contribution in [2.24, 2.45) is 5.92 Å². The molecule has 3 rings (SSSR count). The number of ether oxygens (including phenoxy) is 1. The summed E-state index contributed by atoms with van der Waals surface area (Å²) in [7, 11) is 0. The number of nitrogens with zero attached hydrogens (tertiary/aromatic N) is 2.